The Hall–Kier alpha value is -1.44. The molecule has 1 aromatic rings. The molecule has 0 spiro atoms. The van der Waals surface area contributed by atoms with Crippen molar-refractivity contribution in [1.82, 2.24) is 10.0 Å². The van der Waals surface area contributed by atoms with Crippen LogP contribution in [0, 0.1) is 0 Å². The molecule has 0 radical (unpaired) electrons. The van der Waals surface area contributed by atoms with Crippen molar-refractivity contribution in [3.8, 4) is 0 Å². The lowest BCUT2D eigenvalue weighted by Crippen LogP contribution is -2.32. The number of fused-ring (bicyclic) bond motifs is 1. The molecule has 1 unspecified atom stereocenters. The van der Waals surface area contributed by atoms with Crippen LogP contribution in [0.25, 0.3) is 0 Å². The van der Waals surface area contributed by atoms with E-state index >= 15 is 0 Å². The van der Waals surface area contributed by atoms with Gasteiger partial charge in [0, 0.05) is 18.8 Å². The van der Waals surface area contributed by atoms with Crippen molar-refractivity contribution in [2.24, 2.45) is 0 Å². The van der Waals surface area contributed by atoms with Crippen LogP contribution >= 0.6 is 0 Å². The summed E-state index contributed by atoms with van der Waals surface area (Å²) < 4.78 is 27.0. The molecule has 2 rings (SSSR count). The number of nitrogens with one attached hydrogen (secondary N) is 3. The smallest absolute Gasteiger partial charge is 0.240 e. The molecule has 1 aliphatic heterocycles. The van der Waals surface area contributed by atoms with E-state index in [1.165, 1.54) is 6.07 Å². The molecule has 0 saturated carbocycles. The van der Waals surface area contributed by atoms with E-state index in [9.17, 15) is 13.2 Å². The molecule has 1 atom stereocenters. The third kappa shape index (κ3) is 3.61. The van der Waals surface area contributed by atoms with Crippen molar-refractivity contribution in [2.45, 2.75) is 31.1 Å². The van der Waals surface area contributed by atoms with Gasteiger partial charge in [-0.15, -0.1) is 0 Å². The minimum Gasteiger partial charge on any atom is -0.325 e. The average Bonchev–Trinajstić information content (AvgIpc) is 2.73. The molecular formula is C14H21N3O3S. The Kier molecular flexibility index (Phi) is 4.97. The van der Waals surface area contributed by atoms with E-state index in [2.05, 4.69) is 22.3 Å². The van der Waals surface area contributed by atoms with Crippen LogP contribution in [-0.2, 0) is 14.8 Å². The molecule has 1 amide bonds. The fraction of sp³-hybridized carbons (Fsp3) is 0.500. The zero-order chi connectivity index (χ0) is 15.5. The quantitative estimate of drug-likeness (QED) is 0.656. The fourth-order valence-electron chi connectivity index (χ4n) is 2.22. The molecule has 0 fully saturated rings. The standard InChI is InChI=1S/C14H21N3O3S/c1-3-6-15-7-8-16-21(19,20)11-4-5-13-12(9-11)10(2)14(18)17-13/h4-5,9-10,15-16H,3,6-8H2,1-2H3,(H,17,18). The maximum absolute atomic E-state index is 12.2. The first-order valence-electron chi connectivity index (χ1n) is 7.11. The van der Waals surface area contributed by atoms with E-state index in [0.717, 1.165) is 18.5 Å². The van der Waals surface area contributed by atoms with Crippen molar-refractivity contribution < 1.29 is 13.2 Å². The number of sulfonamides is 1. The second-order valence-corrected chi connectivity index (χ2v) is 6.87. The zero-order valence-electron chi connectivity index (χ0n) is 12.3. The Morgan fingerprint density at radius 2 is 2.00 bits per heavy atom. The normalized spacial score (nSPS) is 17.6. The van der Waals surface area contributed by atoms with Crippen LogP contribution in [0.2, 0.25) is 0 Å². The molecule has 1 heterocycles. The fourth-order valence-corrected chi connectivity index (χ4v) is 3.29. The third-order valence-electron chi connectivity index (χ3n) is 3.47. The lowest BCUT2D eigenvalue weighted by atomic mass is 10.0. The van der Waals surface area contributed by atoms with E-state index < -0.39 is 10.0 Å². The van der Waals surface area contributed by atoms with Crippen molar-refractivity contribution in [2.75, 3.05) is 25.0 Å². The van der Waals surface area contributed by atoms with E-state index in [1.54, 1.807) is 19.1 Å². The van der Waals surface area contributed by atoms with Crippen LogP contribution in [-0.4, -0.2) is 34.0 Å². The summed E-state index contributed by atoms with van der Waals surface area (Å²) in [6.07, 6.45) is 1.01. The Labute approximate surface area is 125 Å². The SMILES string of the molecule is CCCNCCNS(=O)(=O)c1ccc2c(c1)C(C)C(=O)N2. The first-order chi connectivity index (χ1) is 9.95. The number of hydrogen-bond donors (Lipinski definition) is 3. The monoisotopic (exact) mass is 311 g/mol. The first kappa shape index (κ1) is 15.9. The highest BCUT2D eigenvalue weighted by molar-refractivity contribution is 7.89. The van der Waals surface area contributed by atoms with Crippen molar-refractivity contribution in [3.05, 3.63) is 23.8 Å². The van der Waals surface area contributed by atoms with Crippen molar-refractivity contribution in [1.29, 1.82) is 0 Å². The third-order valence-corrected chi connectivity index (χ3v) is 4.93. The topological polar surface area (TPSA) is 87.3 Å². The van der Waals surface area contributed by atoms with Crippen molar-refractivity contribution in [3.63, 3.8) is 0 Å². The van der Waals surface area contributed by atoms with Gasteiger partial charge in [-0.1, -0.05) is 6.92 Å². The summed E-state index contributed by atoms with van der Waals surface area (Å²) in [6.45, 7) is 5.62. The molecule has 3 N–H and O–H groups in total. The summed E-state index contributed by atoms with van der Waals surface area (Å²) in [6, 6.07) is 4.72. The van der Waals surface area contributed by atoms with E-state index in [-0.39, 0.29) is 16.7 Å². The highest BCUT2D eigenvalue weighted by atomic mass is 32.2. The zero-order valence-corrected chi connectivity index (χ0v) is 13.1. The van der Waals surface area contributed by atoms with Crippen LogP contribution < -0.4 is 15.4 Å². The molecule has 1 aromatic carbocycles. The summed E-state index contributed by atoms with van der Waals surface area (Å²) in [5.41, 5.74) is 1.42. The van der Waals surface area contributed by atoms with E-state index in [4.69, 9.17) is 0 Å². The summed E-state index contributed by atoms with van der Waals surface area (Å²) in [5, 5.41) is 5.86. The minimum absolute atomic E-state index is 0.101. The Balaban J connectivity index is 2.06. The molecule has 21 heavy (non-hydrogen) atoms. The first-order valence-corrected chi connectivity index (χ1v) is 8.59. The van der Waals surface area contributed by atoms with Gasteiger partial charge >= 0.3 is 0 Å². The summed E-state index contributed by atoms with van der Waals surface area (Å²) in [5.74, 6) is -0.419. The van der Waals surface area contributed by atoms with Gasteiger partial charge in [0.2, 0.25) is 15.9 Å². The number of carbonyl (C=O) groups excluding carboxylic acids is 1. The Morgan fingerprint density at radius 3 is 2.71 bits per heavy atom. The largest absolute Gasteiger partial charge is 0.325 e. The number of carbonyl (C=O) groups is 1. The van der Waals surface area contributed by atoms with Crippen LogP contribution in [0.4, 0.5) is 5.69 Å². The van der Waals surface area contributed by atoms with Gasteiger partial charge < -0.3 is 10.6 Å². The molecule has 0 aromatic heterocycles. The van der Waals surface area contributed by atoms with Gasteiger partial charge in [0.25, 0.3) is 0 Å². The number of hydrogen-bond acceptors (Lipinski definition) is 4. The Morgan fingerprint density at radius 1 is 1.24 bits per heavy atom. The molecule has 0 saturated heterocycles. The Bertz CT molecular complexity index is 628. The molecule has 6 nitrogen and oxygen atoms in total. The molecule has 0 aliphatic carbocycles. The molecule has 0 bridgehead atoms. The van der Waals surface area contributed by atoms with Crippen LogP contribution in [0.3, 0.4) is 0 Å². The maximum Gasteiger partial charge on any atom is 0.240 e. The van der Waals surface area contributed by atoms with Gasteiger partial charge in [0.15, 0.2) is 0 Å². The number of rotatable bonds is 7. The average molecular weight is 311 g/mol. The van der Waals surface area contributed by atoms with Gasteiger partial charge in [0.1, 0.15) is 0 Å². The summed E-state index contributed by atoms with van der Waals surface area (Å²) >= 11 is 0. The molecular weight excluding hydrogens is 290 g/mol. The lowest BCUT2D eigenvalue weighted by molar-refractivity contribution is -0.116. The van der Waals surface area contributed by atoms with E-state index in [0.29, 0.717) is 18.8 Å². The molecule has 7 heteroatoms. The lowest BCUT2D eigenvalue weighted by Gasteiger charge is -2.09. The predicted octanol–water partition coefficient (Wildman–Crippen LogP) is 1.02. The second-order valence-electron chi connectivity index (χ2n) is 5.11. The summed E-state index contributed by atoms with van der Waals surface area (Å²) in [7, 11) is -3.54. The number of benzene rings is 1. The molecule has 116 valence electrons. The maximum atomic E-state index is 12.2. The highest BCUT2D eigenvalue weighted by Crippen LogP contribution is 2.33. The van der Waals surface area contributed by atoms with Crippen molar-refractivity contribution >= 4 is 21.6 Å². The van der Waals surface area contributed by atoms with Crippen LogP contribution in [0.1, 0.15) is 31.7 Å². The minimum atomic E-state index is -3.54. The molecule has 1 aliphatic rings. The van der Waals surface area contributed by atoms with Gasteiger partial charge in [-0.2, -0.15) is 0 Å². The van der Waals surface area contributed by atoms with Gasteiger partial charge in [-0.05, 0) is 43.7 Å². The van der Waals surface area contributed by atoms with Gasteiger partial charge in [0.05, 0.1) is 10.8 Å². The van der Waals surface area contributed by atoms with Crippen LogP contribution in [0.5, 0.6) is 0 Å². The van der Waals surface area contributed by atoms with Gasteiger partial charge in [-0.25, -0.2) is 13.1 Å². The predicted molar refractivity (Wildman–Crippen MR) is 81.8 cm³/mol. The van der Waals surface area contributed by atoms with Crippen LogP contribution in [0.15, 0.2) is 23.1 Å². The number of amides is 1. The summed E-state index contributed by atoms with van der Waals surface area (Å²) in [4.78, 5) is 11.8. The van der Waals surface area contributed by atoms with E-state index in [1.807, 2.05) is 0 Å². The highest BCUT2D eigenvalue weighted by Gasteiger charge is 2.28. The number of anilines is 1. The second kappa shape index (κ2) is 6.55. The van der Waals surface area contributed by atoms with Gasteiger partial charge in [-0.3, -0.25) is 4.79 Å².